The number of amides is 1. The quantitative estimate of drug-likeness (QED) is 0.292. The molecule has 3 fully saturated rings. The topological polar surface area (TPSA) is 91.8 Å². The van der Waals surface area contributed by atoms with Crippen LogP contribution in [-0.2, 0) is 34.9 Å². The third-order valence-electron chi connectivity index (χ3n) is 8.83. The molecule has 0 unspecified atom stereocenters. The van der Waals surface area contributed by atoms with Crippen LogP contribution in [0.25, 0.3) is 0 Å². The van der Waals surface area contributed by atoms with Crippen LogP contribution < -0.4 is 10.4 Å². The van der Waals surface area contributed by atoms with Crippen molar-refractivity contribution in [3.63, 3.8) is 0 Å². The van der Waals surface area contributed by atoms with Gasteiger partial charge >= 0.3 is 13.2 Å². The Bertz CT molecular complexity index is 1180. The van der Waals surface area contributed by atoms with Gasteiger partial charge in [-0.3, -0.25) is 4.98 Å². The summed E-state index contributed by atoms with van der Waals surface area (Å²) in [5, 5.41) is 0. The summed E-state index contributed by atoms with van der Waals surface area (Å²) in [5.74, 6) is 0. The largest absolute Gasteiger partial charge is 0.496 e. The van der Waals surface area contributed by atoms with Crippen LogP contribution >= 0.6 is 0 Å². The van der Waals surface area contributed by atoms with E-state index in [-0.39, 0.29) is 25.1 Å². The Morgan fingerprint density at radius 1 is 1.05 bits per heavy atom. The van der Waals surface area contributed by atoms with Crippen LogP contribution in [0, 0.1) is 0 Å². The third kappa shape index (κ3) is 7.88. The second-order valence-corrected chi connectivity index (χ2v) is 12.5. The molecule has 3 aliphatic heterocycles. The van der Waals surface area contributed by atoms with Gasteiger partial charge in [-0.25, -0.2) is 4.79 Å². The van der Waals surface area contributed by atoms with Crippen LogP contribution in [0.2, 0.25) is 0 Å². The van der Waals surface area contributed by atoms with Crippen molar-refractivity contribution in [1.82, 2.24) is 9.88 Å². The maximum absolute atomic E-state index is 12.7. The summed E-state index contributed by atoms with van der Waals surface area (Å²) in [7, 11) is -0.584. The fourth-order valence-electron chi connectivity index (χ4n) is 5.44. The van der Waals surface area contributed by atoms with Gasteiger partial charge in [-0.2, -0.15) is 0 Å². The van der Waals surface area contributed by atoms with Crippen LogP contribution in [0.5, 0.6) is 0 Å². The van der Waals surface area contributed by atoms with Gasteiger partial charge in [0.15, 0.2) is 6.29 Å². The van der Waals surface area contributed by atoms with Gasteiger partial charge in [0.2, 0.25) is 0 Å². The van der Waals surface area contributed by atoms with Crippen molar-refractivity contribution in [3.05, 3.63) is 53.9 Å². The minimum absolute atomic E-state index is 0.142. The number of nitrogens with zero attached hydrogens (tertiary/aromatic N) is 3. The monoisotopic (exact) mass is 595 g/mol. The fourth-order valence-corrected chi connectivity index (χ4v) is 5.44. The number of aromatic nitrogens is 1. The van der Waals surface area contributed by atoms with Crippen molar-refractivity contribution < 1.29 is 33.1 Å². The van der Waals surface area contributed by atoms with E-state index in [1.807, 2.05) is 71.1 Å². The molecule has 3 saturated heterocycles. The number of rotatable bonds is 10. The lowest BCUT2D eigenvalue weighted by Crippen LogP contribution is -2.49. The second-order valence-electron chi connectivity index (χ2n) is 12.5. The molecule has 2 aromatic rings. The molecule has 2 atom stereocenters. The minimum atomic E-state index is -0.584. The van der Waals surface area contributed by atoms with E-state index in [2.05, 4.69) is 11.0 Å². The number of benzene rings is 1. The van der Waals surface area contributed by atoms with Gasteiger partial charge in [-0.15, -0.1) is 0 Å². The molecule has 0 N–H and O–H groups in total. The van der Waals surface area contributed by atoms with E-state index in [9.17, 15) is 4.79 Å². The van der Waals surface area contributed by atoms with Crippen molar-refractivity contribution in [1.29, 1.82) is 0 Å². The summed E-state index contributed by atoms with van der Waals surface area (Å²) in [6.45, 7) is 14.5. The average Bonchev–Trinajstić information content (AvgIpc) is 3.24. The first kappa shape index (κ1) is 31.7. The Labute approximate surface area is 256 Å². The highest BCUT2D eigenvalue weighted by Gasteiger charge is 2.52. The van der Waals surface area contributed by atoms with Gasteiger partial charge in [0.25, 0.3) is 0 Å². The van der Waals surface area contributed by atoms with Crippen LogP contribution in [0.3, 0.4) is 0 Å². The summed E-state index contributed by atoms with van der Waals surface area (Å²) >= 11 is 0. The molecule has 0 radical (unpaired) electrons. The number of anilines is 1. The maximum atomic E-state index is 12.7. The van der Waals surface area contributed by atoms with Gasteiger partial charge in [-0.1, -0.05) is 30.3 Å². The molecule has 10 nitrogen and oxygen atoms in total. The first-order valence-electron chi connectivity index (χ1n) is 15.5. The Balaban J connectivity index is 1.23. The summed E-state index contributed by atoms with van der Waals surface area (Å²) in [6.07, 6.45) is 4.29. The summed E-state index contributed by atoms with van der Waals surface area (Å²) in [4.78, 5) is 21.6. The lowest BCUT2D eigenvalue weighted by molar-refractivity contribution is -0.171. The van der Waals surface area contributed by atoms with Crippen molar-refractivity contribution >= 4 is 24.4 Å². The minimum Gasteiger partial charge on any atom is -0.445 e. The van der Waals surface area contributed by atoms with Gasteiger partial charge in [0, 0.05) is 38.2 Å². The van der Waals surface area contributed by atoms with Crippen LogP contribution in [0.1, 0.15) is 71.2 Å². The van der Waals surface area contributed by atoms with E-state index >= 15 is 0 Å². The normalized spacial score (nSPS) is 22.4. The molecule has 5 rings (SSSR count). The third-order valence-corrected chi connectivity index (χ3v) is 8.83. The molecule has 4 heterocycles. The van der Waals surface area contributed by atoms with Crippen molar-refractivity contribution in [2.24, 2.45) is 0 Å². The van der Waals surface area contributed by atoms with Gasteiger partial charge in [0.05, 0.1) is 48.1 Å². The zero-order chi connectivity index (χ0) is 30.5. The number of carbonyl (C=O) groups is 1. The molecule has 0 spiro atoms. The highest BCUT2D eigenvalue weighted by molar-refractivity contribution is 6.62. The second kappa shape index (κ2) is 13.9. The van der Waals surface area contributed by atoms with Crippen LogP contribution in [-0.4, -0.2) is 86.6 Å². The highest BCUT2D eigenvalue weighted by atomic mass is 16.7. The number of hydrogen-bond donors (Lipinski definition) is 0. The predicted octanol–water partition coefficient (Wildman–Crippen LogP) is 4.46. The zero-order valence-electron chi connectivity index (χ0n) is 26.3. The molecule has 0 saturated carbocycles. The molecule has 11 heteroatoms. The van der Waals surface area contributed by atoms with Gasteiger partial charge in [0.1, 0.15) is 6.61 Å². The molecule has 1 amide bonds. The van der Waals surface area contributed by atoms with E-state index < -0.39 is 18.3 Å². The van der Waals surface area contributed by atoms with E-state index in [1.165, 1.54) is 0 Å². The molecule has 43 heavy (non-hydrogen) atoms. The van der Waals surface area contributed by atoms with Gasteiger partial charge in [-0.05, 0) is 65.5 Å². The molecule has 3 aliphatic rings. The molecule has 0 bridgehead atoms. The van der Waals surface area contributed by atoms with Crippen molar-refractivity contribution in [3.8, 4) is 0 Å². The summed E-state index contributed by atoms with van der Waals surface area (Å²) < 4.78 is 36.1. The first-order chi connectivity index (χ1) is 20.6. The molecule has 0 aliphatic carbocycles. The number of piperazine rings is 1. The predicted molar refractivity (Wildman–Crippen MR) is 164 cm³/mol. The van der Waals surface area contributed by atoms with E-state index in [1.54, 1.807) is 4.90 Å². The van der Waals surface area contributed by atoms with Gasteiger partial charge < -0.3 is 38.1 Å². The number of pyridine rings is 1. The Hall–Kier alpha value is -2.70. The van der Waals surface area contributed by atoms with Crippen molar-refractivity contribution in [2.45, 2.75) is 84.1 Å². The lowest BCUT2D eigenvalue weighted by atomic mass is 9.76. The lowest BCUT2D eigenvalue weighted by Gasteiger charge is -2.35. The average molecular weight is 596 g/mol. The Kier molecular flexibility index (Phi) is 10.3. The summed E-state index contributed by atoms with van der Waals surface area (Å²) in [5.41, 5.74) is 2.57. The van der Waals surface area contributed by atoms with Crippen molar-refractivity contribution in [2.75, 3.05) is 50.9 Å². The van der Waals surface area contributed by atoms with E-state index in [4.69, 9.17) is 33.2 Å². The van der Waals surface area contributed by atoms with Crippen LogP contribution in [0.15, 0.2) is 42.6 Å². The Morgan fingerprint density at radius 2 is 1.77 bits per heavy atom. The first-order valence-corrected chi connectivity index (χ1v) is 15.5. The number of carbonyl (C=O) groups excluding carboxylic acids is 1. The van der Waals surface area contributed by atoms with E-state index in [0.29, 0.717) is 39.4 Å². The molecular formula is C32H46BN3O7. The zero-order valence-corrected chi connectivity index (χ0v) is 26.3. The standard InChI is InChI=1S/C32H46BN3O7/c1-24(38-19-20-40-28-13-9-10-18-39-28)29-27(33-42-31(2,3)32(4,5)43-33)21-26(22-34-29)35-14-16-36(17-15-35)30(37)41-23-25-11-7-6-8-12-25/h6-8,11-12,21-22,24,28H,9-10,13-20,23H2,1-5H3/t24-,28-/m0/s1. The molecule has 1 aromatic carbocycles. The van der Waals surface area contributed by atoms with Crippen LogP contribution in [0.4, 0.5) is 10.5 Å². The number of hydrogen-bond acceptors (Lipinski definition) is 9. The molecule has 234 valence electrons. The smallest absolute Gasteiger partial charge is 0.445 e. The maximum Gasteiger partial charge on any atom is 0.496 e. The van der Waals surface area contributed by atoms with E-state index in [0.717, 1.165) is 48.3 Å². The number of ether oxygens (including phenoxy) is 4. The SMILES string of the molecule is C[C@H](OCCO[C@H]1CCCCO1)c1ncc(N2CCN(C(=O)OCc3ccccc3)CC2)cc1B1OC(C)(C)C(C)(C)O1. The molecule has 1 aromatic heterocycles. The molecular weight excluding hydrogens is 549 g/mol. The highest BCUT2D eigenvalue weighted by Crippen LogP contribution is 2.37. The summed E-state index contributed by atoms with van der Waals surface area (Å²) in [6, 6.07) is 11.8. The Morgan fingerprint density at radius 3 is 2.44 bits per heavy atom. The fraction of sp³-hybridized carbons (Fsp3) is 0.625.